The topological polar surface area (TPSA) is 75.7 Å². The Labute approximate surface area is 141 Å². The minimum atomic E-state index is -0.659. The first-order valence-corrected chi connectivity index (χ1v) is 8.45. The normalized spacial score (nSPS) is 46.0. The Morgan fingerprint density at radius 2 is 1.79 bits per heavy atom. The third kappa shape index (κ3) is 2.75. The molecule has 0 spiro atoms. The highest BCUT2D eigenvalue weighted by molar-refractivity contribution is 5.66. The van der Waals surface area contributed by atoms with Crippen LogP contribution in [-0.2, 0) is 33.3 Å². The Morgan fingerprint density at radius 1 is 1.08 bits per heavy atom. The van der Waals surface area contributed by atoms with Gasteiger partial charge in [0.1, 0.15) is 18.3 Å². The molecule has 0 aromatic carbocycles. The van der Waals surface area contributed by atoms with Crippen molar-refractivity contribution in [1.82, 2.24) is 5.06 Å². The average Bonchev–Trinajstić information content (AvgIpc) is 3.10. The molecule has 8 nitrogen and oxygen atoms in total. The van der Waals surface area contributed by atoms with Crippen LogP contribution in [0.25, 0.3) is 0 Å². The Kier molecular flexibility index (Phi) is 3.73. The van der Waals surface area contributed by atoms with Crippen LogP contribution in [0.15, 0.2) is 0 Å². The molecule has 8 heteroatoms. The van der Waals surface area contributed by atoms with E-state index in [9.17, 15) is 4.79 Å². The van der Waals surface area contributed by atoms with E-state index in [0.29, 0.717) is 13.0 Å². The van der Waals surface area contributed by atoms with Gasteiger partial charge in [-0.05, 0) is 27.7 Å². The summed E-state index contributed by atoms with van der Waals surface area (Å²) >= 11 is 0. The molecule has 4 aliphatic rings. The summed E-state index contributed by atoms with van der Waals surface area (Å²) in [7, 11) is 0. The predicted molar refractivity (Wildman–Crippen MR) is 79.4 cm³/mol. The second-order valence-electron chi connectivity index (χ2n) is 7.73. The number of hydroxylamine groups is 2. The predicted octanol–water partition coefficient (Wildman–Crippen LogP) is 0.935. The van der Waals surface area contributed by atoms with Crippen LogP contribution in [0.4, 0.5) is 0 Å². The van der Waals surface area contributed by atoms with Gasteiger partial charge in [0, 0.05) is 13.3 Å². The van der Waals surface area contributed by atoms with Crippen LogP contribution in [0.3, 0.4) is 0 Å². The monoisotopic (exact) mass is 343 g/mol. The molecule has 0 bridgehead atoms. The third-order valence-corrected chi connectivity index (χ3v) is 4.88. The van der Waals surface area contributed by atoms with Gasteiger partial charge in [-0.1, -0.05) is 0 Å². The molecule has 0 unspecified atom stereocenters. The van der Waals surface area contributed by atoms with Crippen LogP contribution in [0.2, 0.25) is 0 Å². The second kappa shape index (κ2) is 5.36. The van der Waals surface area contributed by atoms with Gasteiger partial charge in [0.15, 0.2) is 11.6 Å². The molecule has 0 aromatic rings. The fourth-order valence-electron chi connectivity index (χ4n) is 4.17. The molecule has 24 heavy (non-hydrogen) atoms. The van der Waals surface area contributed by atoms with Crippen LogP contribution < -0.4 is 0 Å². The minimum absolute atomic E-state index is 0.0431. The smallest absolute Gasteiger partial charge is 0.304 e. The number of carbonyl (C=O) groups is 1. The van der Waals surface area contributed by atoms with Crippen LogP contribution >= 0.6 is 0 Å². The Morgan fingerprint density at radius 3 is 2.42 bits per heavy atom. The van der Waals surface area contributed by atoms with E-state index < -0.39 is 17.9 Å². The van der Waals surface area contributed by atoms with Gasteiger partial charge in [-0.3, -0.25) is 9.63 Å². The summed E-state index contributed by atoms with van der Waals surface area (Å²) in [4.78, 5) is 17.1. The summed E-state index contributed by atoms with van der Waals surface area (Å²) in [5.41, 5.74) is 0. The molecule has 0 N–H and O–H groups in total. The van der Waals surface area contributed by atoms with Crippen molar-refractivity contribution in [3.05, 3.63) is 0 Å². The van der Waals surface area contributed by atoms with Crippen LogP contribution in [0.1, 0.15) is 41.0 Å². The first kappa shape index (κ1) is 16.7. The molecule has 4 heterocycles. The standard InChI is InChI=1S/C16H25NO7/c1-8(18)20-11-6-9-13-14(23-16(4,5)22-13)12(17(9)24-11)10-7-19-15(2,3)21-10/h9-14H,6-7H2,1-5H3/t9-,10-,11-,12-,13+,14-/m1/s1. The SMILES string of the molecule is CC(=O)O[C@H]1C[C@@H]2[C@@H]3OC(C)(C)O[C@@H]3[C@@H]([C@H]3COC(C)(C)O3)N2O1. The van der Waals surface area contributed by atoms with Crippen LogP contribution in [0.5, 0.6) is 0 Å². The van der Waals surface area contributed by atoms with E-state index in [2.05, 4.69) is 0 Å². The lowest BCUT2D eigenvalue weighted by atomic mass is 10.0. The van der Waals surface area contributed by atoms with Gasteiger partial charge >= 0.3 is 5.97 Å². The molecule has 0 aromatic heterocycles. The van der Waals surface area contributed by atoms with Crippen molar-refractivity contribution in [2.24, 2.45) is 0 Å². The van der Waals surface area contributed by atoms with E-state index in [1.54, 1.807) is 0 Å². The lowest BCUT2D eigenvalue weighted by Crippen LogP contribution is -2.48. The number of esters is 1. The number of fused-ring (bicyclic) bond motifs is 3. The van der Waals surface area contributed by atoms with Crippen molar-refractivity contribution in [3.63, 3.8) is 0 Å². The zero-order valence-electron chi connectivity index (χ0n) is 14.7. The molecule has 4 fully saturated rings. The van der Waals surface area contributed by atoms with Gasteiger partial charge in [-0.25, -0.2) is 0 Å². The number of ether oxygens (including phenoxy) is 5. The molecular weight excluding hydrogens is 318 g/mol. The summed E-state index contributed by atoms with van der Waals surface area (Å²) in [5, 5.41) is 1.84. The first-order valence-electron chi connectivity index (χ1n) is 8.45. The van der Waals surface area contributed by atoms with Gasteiger partial charge in [-0.15, -0.1) is 0 Å². The molecular formula is C16H25NO7. The third-order valence-electron chi connectivity index (χ3n) is 4.88. The van der Waals surface area contributed by atoms with Crippen LogP contribution in [0, 0.1) is 0 Å². The molecule has 0 aliphatic carbocycles. The van der Waals surface area contributed by atoms with E-state index >= 15 is 0 Å². The molecule has 4 saturated heterocycles. The summed E-state index contributed by atoms with van der Waals surface area (Å²) in [6, 6.07) is -0.220. The van der Waals surface area contributed by atoms with Gasteiger partial charge in [0.05, 0.1) is 18.7 Å². The molecule has 0 saturated carbocycles. The maximum Gasteiger partial charge on any atom is 0.304 e. The molecule has 0 amide bonds. The lowest BCUT2D eigenvalue weighted by molar-refractivity contribution is -0.273. The largest absolute Gasteiger partial charge is 0.434 e. The van der Waals surface area contributed by atoms with Crippen molar-refractivity contribution in [2.45, 2.75) is 89.3 Å². The number of hydrogen-bond acceptors (Lipinski definition) is 8. The highest BCUT2D eigenvalue weighted by Crippen LogP contribution is 2.47. The van der Waals surface area contributed by atoms with Crippen molar-refractivity contribution < 1.29 is 33.3 Å². The van der Waals surface area contributed by atoms with E-state index in [0.717, 1.165) is 0 Å². The summed E-state index contributed by atoms with van der Waals surface area (Å²) in [6.07, 6.45) is -0.582. The van der Waals surface area contributed by atoms with E-state index in [-0.39, 0.29) is 36.4 Å². The summed E-state index contributed by atoms with van der Waals surface area (Å²) in [6.45, 7) is 9.42. The highest BCUT2D eigenvalue weighted by Gasteiger charge is 2.65. The number of nitrogens with zero attached hydrogens (tertiary/aromatic N) is 1. The quantitative estimate of drug-likeness (QED) is 0.686. The average molecular weight is 343 g/mol. The molecule has 0 radical (unpaired) electrons. The first-order chi connectivity index (χ1) is 11.2. The van der Waals surface area contributed by atoms with Crippen molar-refractivity contribution in [2.75, 3.05) is 6.61 Å². The van der Waals surface area contributed by atoms with Crippen molar-refractivity contribution in [1.29, 1.82) is 0 Å². The Bertz CT molecular complexity index is 537. The second-order valence-corrected chi connectivity index (χ2v) is 7.73. The van der Waals surface area contributed by atoms with Gasteiger partial charge in [0.2, 0.25) is 6.29 Å². The van der Waals surface area contributed by atoms with E-state index in [1.807, 2.05) is 32.8 Å². The maximum atomic E-state index is 11.3. The molecule has 136 valence electrons. The van der Waals surface area contributed by atoms with Gasteiger partial charge < -0.3 is 23.7 Å². The van der Waals surface area contributed by atoms with E-state index in [4.69, 9.17) is 28.5 Å². The van der Waals surface area contributed by atoms with Gasteiger partial charge in [-0.2, -0.15) is 5.06 Å². The fraction of sp³-hybridized carbons (Fsp3) is 0.938. The van der Waals surface area contributed by atoms with Crippen LogP contribution in [-0.4, -0.2) is 65.9 Å². The lowest BCUT2D eigenvalue weighted by Gasteiger charge is -2.31. The molecule has 6 atom stereocenters. The minimum Gasteiger partial charge on any atom is -0.434 e. The molecule has 4 rings (SSSR count). The zero-order valence-corrected chi connectivity index (χ0v) is 14.7. The molecule has 4 aliphatic heterocycles. The fourth-order valence-corrected chi connectivity index (χ4v) is 4.17. The maximum absolute atomic E-state index is 11.3. The highest BCUT2D eigenvalue weighted by atomic mass is 16.8. The van der Waals surface area contributed by atoms with Gasteiger partial charge in [0.25, 0.3) is 0 Å². The van der Waals surface area contributed by atoms with Crippen molar-refractivity contribution in [3.8, 4) is 0 Å². The Balaban J connectivity index is 1.58. The Hall–Kier alpha value is -0.770. The zero-order chi connectivity index (χ0) is 17.3. The number of rotatable bonds is 2. The van der Waals surface area contributed by atoms with E-state index in [1.165, 1.54) is 6.92 Å². The summed E-state index contributed by atoms with van der Waals surface area (Å²) in [5.74, 6) is -1.66. The number of carbonyl (C=O) groups excluding carboxylic acids is 1. The number of hydrogen-bond donors (Lipinski definition) is 0. The summed E-state index contributed by atoms with van der Waals surface area (Å²) < 4.78 is 29.2. The van der Waals surface area contributed by atoms with Crippen molar-refractivity contribution >= 4 is 5.97 Å².